The fourth-order valence-electron chi connectivity index (χ4n) is 1.73. The van der Waals surface area contributed by atoms with Crippen molar-refractivity contribution in [1.29, 1.82) is 0 Å². The second-order valence-corrected chi connectivity index (χ2v) is 4.25. The molecule has 0 spiro atoms. The molecule has 0 saturated heterocycles. The lowest BCUT2D eigenvalue weighted by Crippen LogP contribution is -2.25. The Morgan fingerprint density at radius 1 is 1.33 bits per heavy atom. The van der Waals surface area contributed by atoms with Gasteiger partial charge in [0.2, 0.25) is 0 Å². The number of hydrogen-bond acceptors (Lipinski definition) is 4. The molecular weight excluding hydrogens is 170 g/mol. The Bertz CT molecular complexity index is 226. The molecule has 12 heavy (non-hydrogen) atoms. The Kier molecular flexibility index (Phi) is 2.37. The molecule has 0 radical (unpaired) electrons. The van der Waals surface area contributed by atoms with Gasteiger partial charge in [-0.15, -0.1) is 21.5 Å². The van der Waals surface area contributed by atoms with Crippen LogP contribution >= 0.6 is 11.3 Å². The number of hydrogen-bond donors (Lipinski definition) is 1. The second kappa shape index (κ2) is 3.49. The maximum atomic E-state index is 5.82. The largest absolute Gasteiger partial charge is 0.328 e. The zero-order valence-corrected chi connectivity index (χ0v) is 7.76. The van der Waals surface area contributed by atoms with Gasteiger partial charge < -0.3 is 5.73 Å². The van der Waals surface area contributed by atoms with Crippen LogP contribution in [0.3, 0.4) is 0 Å². The molecule has 0 unspecified atom stereocenters. The fourth-order valence-corrected chi connectivity index (χ4v) is 2.45. The fraction of sp³-hybridized carbons (Fsp3) is 0.750. The lowest BCUT2D eigenvalue weighted by molar-refractivity contribution is 0.393. The Morgan fingerprint density at radius 2 is 2.08 bits per heavy atom. The van der Waals surface area contributed by atoms with Crippen LogP contribution in [0.2, 0.25) is 0 Å². The van der Waals surface area contributed by atoms with Crippen LogP contribution in [0.4, 0.5) is 0 Å². The third-order valence-corrected chi connectivity index (χ3v) is 3.35. The molecular formula is C8H13N3S. The summed E-state index contributed by atoms with van der Waals surface area (Å²) in [6.45, 7) is 0. The first-order valence-corrected chi connectivity index (χ1v) is 5.26. The van der Waals surface area contributed by atoms with E-state index < -0.39 is 0 Å². The van der Waals surface area contributed by atoms with Crippen LogP contribution in [0.1, 0.15) is 36.6 Å². The predicted octanol–water partition coefficient (Wildman–Crippen LogP) is 1.52. The number of rotatable bonds is 1. The van der Waals surface area contributed by atoms with Gasteiger partial charge in [0, 0.05) is 12.0 Å². The number of nitrogens with two attached hydrogens (primary N) is 1. The zero-order valence-electron chi connectivity index (χ0n) is 6.94. The van der Waals surface area contributed by atoms with E-state index >= 15 is 0 Å². The molecule has 1 aromatic heterocycles. The van der Waals surface area contributed by atoms with Crippen LogP contribution in [0, 0.1) is 0 Å². The second-order valence-electron chi connectivity index (χ2n) is 3.39. The predicted molar refractivity (Wildman–Crippen MR) is 49.1 cm³/mol. The molecule has 1 aliphatic rings. The summed E-state index contributed by atoms with van der Waals surface area (Å²) in [4.78, 5) is 0. The van der Waals surface area contributed by atoms with Crippen molar-refractivity contribution in [3.05, 3.63) is 10.5 Å². The monoisotopic (exact) mass is 183 g/mol. The van der Waals surface area contributed by atoms with Crippen LogP contribution in [0.25, 0.3) is 0 Å². The van der Waals surface area contributed by atoms with E-state index in [1.807, 2.05) is 5.51 Å². The summed E-state index contributed by atoms with van der Waals surface area (Å²) in [5.74, 6) is 0.636. The van der Waals surface area contributed by atoms with E-state index in [0.29, 0.717) is 12.0 Å². The molecule has 1 saturated carbocycles. The van der Waals surface area contributed by atoms with Crippen molar-refractivity contribution in [2.45, 2.75) is 37.6 Å². The molecule has 1 fully saturated rings. The van der Waals surface area contributed by atoms with Crippen LogP contribution < -0.4 is 5.73 Å². The standard InChI is InChI=1S/C8H13N3S/c9-7-3-1-6(2-4-7)8-11-10-5-12-8/h5-7H,1-4,9H2/t6-,7+. The van der Waals surface area contributed by atoms with Gasteiger partial charge in [0.05, 0.1) is 0 Å². The van der Waals surface area contributed by atoms with Gasteiger partial charge in [-0.3, -0.25) is 0 Å². The number of nitrogens with zero attached hydrogens (tertiary/aromatic N) is 2. The molecule has 1 heterocycles. The van der Waals surface area contributed by atoms with Gasteiger partial charge in [-0.2, -0.15) is 0 Å². The normalized spacial score (nSPS) is 30.4. The smallest absolute Gasteiger partial charge is 0.120 e. The third kappa shape index (κ3) is 1.64. The van der Waals surface area contributed by atoms with Crippen molar-refractivity contribution in [2.24, 2.45) is 5.73 Å². The van der Waals surface area contributed by atoms with Crippen molar-refractivity contribution in [1.82, 2.24) is 10.2 Å². The van der Waals surface area contributed by atoms with Crippen molar-refractivity contribution in [3.8, 4) is 0 Å². The maximum absolute atomic E-state index is 5.82. The average Bonchev–Trinajstić information content (AvgIpc) is 2.58. The minimum absolute atomic E-state index is 0.425. The third-order valence-electron chi connectivity index (χ3n) is 2.50. The Hall–Kier alpha value is -0.480. The van der Waals surface area contributed by atoms with E-state index in [0.717, 1.165) is 12.8 Å². The molecule has 1 aromatic rings. The molecule has 2 rings (SSSR count). The molecule has 3 nitrogen and oxygen atoms in total. The topological polar surface area (TPSA) is 51.8 Å². The molecule has 0 atom stereocenters. The summed E-state index contributed by atoms with van der Waals surface area (Å²) < 4.78 is 0. The van der Waals surface area contributed by atoms with Crippen molar-refractivity contribution in [2.75, 3.05) is 0 Å². The highest BCUT2D eigenvalue weighted by Gasteiger charge is 2.21. The summed E-state index contributed by atoms with van der Waals surface area (Å²) in [5.41, 5.74) is 7.63. The molecule has 66 valence electrons. The summed E-state index contributed by atoms with van der Waals surface area (Å²) in [5, 5.41) is 9.14. The van der Waals surface area contributed by atoms with Crippen LogP contribution in [-0.2, 0) is 0 Å². The minimum atomic E-state index is 0.425. The SMILES string of the molecule is N[C@H]1CC[C@@H](c2nncs2)CC1. The summed E-state index contributed by atoms with van der Waals surface area (Å²) in [6.07, 6.45) is 4.67. The minimum Gasteiger partial charge on any atom is -0.328 e. The van der Waals surface area contributed by atoms with Crippen molar-refractivity contribution >= 4 is 11.3 Å². The van der Waals surface area contributed by atoms with Gasteiger partial charge in [0.25, 0.3) is 0 Å². The zero-order chi connectivity index (χ0) is 8.39. The van der Waals surface area contributed by atoms with E-state index in [2.05, 4.69) is 10.2 Å². The highest BCUT2D eigenvalue weighted by molar-refractivity contribution is 7.09. The van der Waals surface area contributed by atoms with Gasteiger partial charge >= 0.3 is 0 Å². The van der Waals surface area contributed by atoms with E-state index in [1.54, 1.807) is 11.3 Å². The lowest BCUT2D eigenvalue weighted by atomic mass is 9.87. The van der Waals surface area contributed by atoms with Crippen molar-refractivity contribution in [3.63, 3.8) is 0 Å². The van der Waals surface area contributed by atoms with Gasteiger partial charge in [-0.05, 0) is 25.7 Å². The quantitative estimate of drug-likeness (QED) is 0.718. The molecule has 0 aromatic carbocycles. The average molecular weight is 183 g/mol. The van der Waals surface area contributed by atoms with Gasteiger partial charge in [0.1, 0.15) is 10.5 Å². The summed E-state index contributed by atoms with van der Waals surface area (Å²) >= 11 is 1.67. The number of aromatic nitrogens is 2. The van der Waals surface area contributed by atoms with Gasteiger partial charge in [-0.1, -0.05) is 0 Å². The molecule has 0 bridgehead atoms. The molecule has 0 aliphatic heterocycles. The van der Waals surface area contributed by atoms with Crippen LogP contribution in [0.5, 0.6) is 0 Å². The van der Waals surface area contributed by atoms with Gasteiger partial charge in [-0.25, -0.2) is 0 Å². The highest BCUT2D eigenvalue weighted by Crippen LogP contribution is 2.32. The Balaban J connectivity index is 1.99. The molecule has 0 amide bonds. The highest BCUT2D eigenvalue weighted by atomic mass is 32.1. The van der Waals surface area contributed by atoms with E-state index in [1.165, 1.54) is 17.8 Å². The van der Waals surface area contributed by atoms with Crippen molar-refractivity contribution < 1.29 is 0 Å². The maximum Gasteiger partial charge on any atom is 0.120 e. The molecule has 4 heteroatoms. The first kappa shape index (κ1) is 8.13. The summed E-state index contributed by atoms with van der Waals surface area (Å²) in [6, 6.07) is 0.425. The molecule has 1 aliphatic carbocycles. The lowest BCUT2D eigenvalue weighted by Gasteiger charge is -2.23. The van der Waals surface area contributed by atoms with Crippen LogP contribution in [0.15, 0.2) is 5.51 Å². The first-order valence-electron chi connectivity index (χ1n) is 4.38. The van der Waals surface area contributed by atoms with Crippen LogP contribution in [-0.4, -0.2) is 16.2 Å². The van der Waals surface area contributed by atoms with Gasteiger partial charge in [0.15, 0.2) is 0 Å². The van der Waals surface area contributed by atoms with E-state index in [-0.39, 0.29) is 0 Å². The summed E-state index contributed by atoms with van der Waals surface area (Å²) in [7, 11) is 0. The Morgan fingerprint density at radius 3 is 2.67 bits per heavy atom. The molecule has 2 N–H and O–H groups in total. The van der Waals surface area contributed by atoms with E-state index in [9.17, 15) is 0 Å². The first-order chi connectivity index (χ1) is 5.86. The Labute approximate surface area is 76.0 Å². The van der Waals surface area contributed by atoms with E-state index in [4.69, 9.17) is 5.73 Å².